The predicted octanol–water partition coefficient (Wildman–Crippen LogP) is 2.56. The second-order valence-electron chi connectivity index (χ2n) is 5.56. The van der Waals surface area contributed by atoms with Gasteiger partial charge in [-0.25, -0.2) is 0 Å². The number of nitrogen functional groups attached to an aromatic ring is 1. The lowest BCUT2D eigenvalue weighted by Crippen LogP contribution is -2.44. The van der Waals surface area contributed by atoms with Gasteiger partial charge in [0, 0.05) is 0 Å². The minimum Gasteiger partial charge on any atom is -0.476 e. The van der Waals surface area contributed by atoms with Crippen LogP contribution in [0.3, 0.4) is 0 Å². The van der Waals surface area contributed by atoms with E-state index in [4.69, 9.17) is 10.5 Å². The summed E-state index contributed by atoms with van der Waals surface area (Å²) in [6, 6.07) is 3.65. The number of nitrogens with two attached hydrogens (primary N) is 1. The molecule has 2 rings (SSSR count). The first kappa shape index (κ1) is 14.9. The number of rotatable bonds is 6. The molecule has 0 unspecified atom stereocenters. The first-order chi connectivity index (χ1) is 9.69. The summed E-state index contributed by atoms with van der Waals surface area (Å²) in [5, 5.41) is 13.1. The molecule has 112 valence electrons. The van der Waals surface area contributed by atoms with Crippen molar-refractivity contribution in [2.24, 2.45) is 0 Å². The number of ether oxygens (including phenoxy) is 1. The zero-order valence-electron chi connectivity index (χ0n) is 12.2. The molecule has 5 nitrogen and oxygen atoms in total. The molecule has 1 aromatic heterocycles. The van der Waals surface area contributed by atoms with Gasteiger partial charge >= 0.3 is 0 Å². The third-order valence-corrected chi connectivity index (χ3v) is 3.84. The molecule has 1 fully saturated rings. The van der Waals surface area contributed by atoms with Crippen LogP contribution in [0.5, 0.6) is 5.88 Å². The lowest BCUT2D eigenvalue weighted by molar-refractivity contribution is 0.172. The molecule has 5 heteroatoms. The highest BCUT2D eigenvalue weighted by Crippen LogP contribution is 2.32. The monoisotopic (exact) mass is 279 g/mol. The lowest BCUT2D eigenvalue weighted by atomic mass is 9.82. The van der Waals surface area contributed by atoms with Crippen LogP contribution in [0, 0.1) is 0 Å². The fourth-order valence-corrected chi connectivity index (χ4v) is 2.66. The van der Waals surface area contributed by atoms with Gasteiger partial charge in [-0.3, -0.25) is 0 Å². The standard InChI is InChI=1S/C15H25N3O2/c1-2-10-20-14-12(16)6-7-13(17-14)18-15(11-19)8-4-3-5-9-15/h6-7,19H,2-5,8-11,16H2,1H3,(H,17,18). The molecule has 0 aliphatic heterocycles. The molecule has 1 aromatic rings. The van der Waals surface area contributed by atoms with Crippen LogP contribution in [0.4, 0.5) is 11.5 Å². The molecule has 4 N–H and O–H groups in total. The van der Waals surface area contributed by atoms with Crippen LogP contribution in [0.25, 0.3) is 0 Å². The van der Waals surface area contributed by atoms with Crippen LogP contribution in [0.1, 0.15) is 45.4 Å². The number of hydrogen-bond donors (Lipinski definition) is 3. The summed E-state index contributed by atoms with van der Waals surface area (Å²) in [6.45, 7) is 2.77. The fraction of sp³-hybridized carbons (Fsp3) is 0.667. The Labute approximate surface area is 120 Å². The maximum Gasteiger partial charge on any atom is 0.239 e. The number of anilines is 2. The van der Waals surface area contributed by atoms with Crippen molar-refractivity contribution in [2.75, 3.05) is 24.3 Å². The van der Waals surface area contributed by atoms with Crippen molar-refractivity contribution in [3.63, 3.8) is 0 Å². The predicted molar refractivity (Wildman–Crippen MR) is 81.0 cm³/mol. The number of aliphatic hydroxyl groups excluding tert-OH is 1. The summed E-state index contributed by atoms with van der Waals surface area (Å²) in [6.07, 6.45) is 6.38. The zero-order valence-corrected chi connectivity index (χ0v) is 12.2. The molecule has 0 radical (unpaired) electrons. The highest BCUT2D eigenvalue weighted by molar-refractivity contribution is 5.54. The SMILES string of the molecule is CCCOc1nc(NC2(CO)CCCCC2)ccc1N. The van der Waals surface area contributed by atoms with Crippen LogP contribution in [-0.4, -0.2) is 28.8 Å². The Morgan fingerprint density at radius 1 is 1.35 bits per heavy atom. The van der Waals surface area contributed by atoms with Crippen molar-refractivity contribution >= 4 is 11.5 Å². The number of hydrogen-bond acceptors (Lipinski definition) is 5. The third kappa shape index (κ3) is 3.54. The van der Waals surface area contributed by atoms with E-state index < -0.39 is 0 Å². The largest absolute Gasteiger partial charge is 0.476 e. The molecule has 1 aliphatic carbocycles. The van der Waals surface area contributed by atoms with E-state index in [1.54, 1.807) is 6.07 Å². The van der Waals surface area contributed by atoms with E-state index in [9.17, 15) is 5.11 Å². The Kier molecular flexibility index (Phi) is 5.06. The van der Waals surface area contributed by atoms with Gasteiger partial charge in [0.15, 0.2) is 0 Å². The van der Waals surface area contributed by atoms with Crippen LogP contribution < -0.4 is 15.8 Å². The molecule has 1 aliphatic rings. The molecule has 0 atom stereocenters. The zero-order chi connectivity index (χ0) is 14.4. The second kappa shape index (κ2) is 6.79. The Morgan fingerprint density at radius 2 is 2.10 bits per heavy atom. The normalized spacial score (nSPS) is 17.7. The molecule has 0 spiro atoms. The van der Waals surface area contributed by atoms with E-state index in [-0.39, 0.29) is 12.1 Å². The van der Waals surface area contributed by atoms with Crippen molar-refractivity contribution in [1.82, 2.24) is 4.98 Å². The lowest BCUT2D eigenvalue weighted by Gasteiger charge is -2.37. The van der Waals surface area contributed by atoms with Gasteiger partial charge in [-0.2, -0.15) is 4.98 Å². The first-order valence-electron chi connectivity index (χ1n) is 7.47. The summed E-state index contributed by atoms with van der Waals surface area (Å²) in [5.74, 6) is 1.20. The van der Waals surface area contributed by atoms with E-state index in [0.717, 1.165) is 37.9 Å². The number of nitrogens with one attached hydrogen (secondary N) is 1. The van der Waals surface area contributed by atoms with Crippen LogP contribution in [0.2, 0.25) is 0 Å². The first-order valence-corrected chi connectivity index (χ1v) is 7.47. The van der Waals surface area contributed by atoms with Gasteiger partial charge in [0.25, 0.3) is 0 Å². The topological polar surface area (TPSA) is 80.4 Å². The summed E-state index contributed by atoms with van der Waals surface area (Å²) in [5.41, 5.74) is 6.16. The summed E-state index contributed by atoms with van der Waals surface area (Å²) in [4.78, 5) is 4.43. The van der Waals surface area contributed by atoms with Gasteiger partial charge in [0.1, 0.15) is 5.82 Å². The molecule has 0 aromatic carbocycles. The molecule has 1 saturated carbocycles. The Hall–Kier alpha value is -1.49. The third-order valence-electron chi connectivity index (χ3n) is 3.84. The minimum atomic E-state index is -0.247. The molecular weight excluding hydrogens is 254 g/mol. The summed E-state index contributed by atoms with van der Waals surface area (Å²) >= 11 is 0. The quantitative estimate of drug-likeness (QED) is 0.745. The summed E-state index contributed by atoms with van der Waals surface area (Å²) in [7, 11) is 0. The Bertz CT molecular complexity index is 431. The number of aromatic nitrogens is 1. The summed E-state index contributed by atoms with van der Waals surface area (Å²) < 4.78 is 5.54. The fourth-order valence-electron chi connectivity index (χ4n) is 2.66. The van der Waals surface area contributed by atoms with Gasteiger partial charge in [-0.15, -0.1) is 0 Å². The van der Waals surface area contributed by atoms with E-state index in [1.165, 1.54) is 6.42 Å². The average molecular weight is 279 g/mol. The smallest absolute Gasteiger partial charge is 0.239 e. The van der Waals surface area contributed by atoms with Crippen LogP contribution >= 0.6 is 0 Å². The van der Waals surface area contributed by atoms with Gasteiger partial charge < -0.3 is 20.9 Å². The molecule has 0 saturated heterocycles. The van der Waals surface area contributed by atoms with Crippen LogP contribution in [0.15, 0.2) is 12.1 Å². The van der Waals surface area contributed by atoms with Crippen molar-refractivity contribution in [2.45, 2.75) is 51.0 Å². The van der Waals surface area contributed by atoms with Crippen molar-refractivity contribution in [1.29, 1.82) is 0 Å². The molecule has 1 heterocycles. The van der Waals surface area contributed by atoms with Crippen molar-refractivity contribution < 1.29 is 9.84 Å². The molecule has 20 heavy (non-hydrogen) atoms. The Balaban J connectivity index is 2.11. The Morgan fingerprint density at radius 3 is 2.75 bits per heavy atom. The molecule has 0 amide bonds. The van der Waals surface area contributed by atoms with Gasteiger partial charge in [0.2, 0.25) is 5.88 Å². The number of aliphatic hydroxyl groups is 1. The van der Waals surface area contributed by atoms with Crippen molar-refractivity contribution in [3.05, 3.63) is 12.1 Å². The average Bonchev–Trinajstić information content (AvgIpc) is 2.49. The van der Waals surface area contributed by atoms with Gasteiger partial charge in [-0.05, 0) is 31.4 Å². The molecule has 0 bridgehead atoms. The molecular formula is C15H25N3O2. The van der Waals surface area contributed by atoms with Crippen molar-refractivity contribution in [3.8, 4) is 5.88 Å². The van der Waals surface area contributed by atoms with E-state index in [0.29, 0.717) is 18.2 Å². The van der Waals surface area contributed by atoms with Crippen LogP contribution in [-0.2, 0) is 0 Å². The number of nitrogens with zero attached hydrogens (tertiary/aromatic N) is 1. The second-order valence-corrected chi connectivity index (χ2v) is 5.56. The number of pyridine rings is 1. The maximum absolute atomic E-state index is 9.72. The minimum absolute atomic E-state index is 0.129. The van der Waals surface area contributed by atoms with E-state index in [2.05, 4.69) is 10.3 Å². The van der Waals surface area contributed by atoms with E-state index >= 15 is 0 Å². The van der Waals surface area contributed by atoms with Gasteiger partial charge in [-0.1, -0.05) is 26.2 Å². The highest BCUT2D eigenvalue weighted by Gasteiger charge is 2.31. The van der Waals surface area contributed by atoms with E-state index in [1.807, 2.05) is 13.0 Å². The maximum atomic E-state index is 9.72. The highest BCUT2D eigenvalue weighted by atomic mass is 16.5. The van der Waals surface area contributed by atoms with Gasteiger partial charge in [0.05, 0.1) is 24.4 Å².